The van der Waals surface area contributed by atoms with Crippen molar-refractivity contribution in [3.63, 3.8) is 0 Å². The summed E-state index contributed by atoms with van der Waals surface area (Å²) in [5.74, 6) is -1.46. The number of aryl methyl sites for hydroxylation is 1. The molecule has 0 saturated carbocycles. The van der Waals surface area contributed by atoms with Crippen molar-refractivity contribution in [2.24, 2.45) is 0 Å². The summed E-state index contributed by atoms with van der Waals surface area (Å²) in [6, 6.07) is 13.5. The number of fused-ring (bicyclic) bond motifs is 1. The summed E-state index contributed by atoms with van der Waals surface area (Å²) < 4.78 is 5.38. The van der Waals surface area contributed by atoms with Gasteiger partial charge in [0.05, 0.1) is 11.3 Å². The number of nitrogens with one attached hydrogen (secondary N) is 1. The molecule has 2 amide bonds. The maximum absolute atomic E-state index is 12.9. The Balaban J connectivity index is 1.49. The molecule has 2 heterocycles. The third-order valence-corrected chi connectivity index (χ3v) is 5.21. The molecule has 4 rings (SSSR count). The summed E-state index contributed by atoms with van der Waals surface area (Å²) in [4.78, 5) is 53.4. The predicted octanol–water partition coefficient (Wildman–Crippen LogP) is 3.56. The minimum absolute atomic E-state index is 0.190. The monoisotopic (exact) mass is 404 g/mol. The number of hydrogen-bond acceptors (Lipinski definition) is 5. The molecule has 0 bridgehead atoms. The van der Waals surface area contributed by atoms with E-state index < -0.39 is 12.1 Å². The van der Waals surface area contributed by atoms with Crippen LogP contribution >= 0.6 is 0 Å². The number of nitrogens with zero attached hydrogens (tertiary/aromatic N) is 1. The van der Waals surface area contributed by atoms with Gasteiger partial charge >= 0.3 is 5.97 Å². The Kier molecular flexibility index (Phi) is 4.95. The van der Waals surface area contributed by atoms with Crippen LogP contribution in [0, 0.1) is 6.92 Å². The van der Waals surface area contributed by atoms with Crippen LogP contribution in [-0.2, 0) is 14.3 Å². The second-order valence-electron chi connectivity index (χ2n) is 7.25. The summed E-state index contributed by atoms with van der Waals surface area (Å²) in [7, 11) is 0. The van der Waals surface area contributed by atoms with Crippen LogP contribution in [0.3, 0.4) is 0 Å². The number of rotatable bonds is 5. The van der Waals surface area contributed by atoms with Gasteiger partial charge in [-0.3, -0.25) is 19.3 Å². The molecule has 0 unspecified atom stereocenters. The predicted molar refractivity (Wildman–Crippen MR) is 110 cm³/mol. The van der Waals surface area contributed by atoms with E-state index in [4.69, 9.17) is 4.74 Å². The third-order valence-electron chi connectivity index (χ3n) is 5.21. The van der Waals surface area contributed by atoms with E-state index >= 15 is 0 Å². The lowest BCUT2D eigenvalue weighted by atomic mass is 10.0. The number of anilines is 1. The van der Waals surface area contributed by atoms with Crippen LogP contribution in [-0.4, -0.2) is 34.7 Å². The number of amides is 2. The summed E-state index contributed by atoms with van der Waals surface area (Å²) in [6.07, 6.45) is -0.595. The molecule has 1 saturated heterocycles. The van der Waals surface area contributed by atoms with Crippen molar-refractivity contribution in [2.45, 2.75) is 32.8 Å². The lowest BCUT2D eigenvalue weighted by Crippen LogP contribution is -2.28. The topological polar surface area (TPSA) is 96.5 Å². The van der Waals surface area contributed by atoms with Crippen LogP contribution in [0.1, 0.15) is 46.2 Å². The van der Waals surface area contributed by atoms with Crippen molar-refractivity contribution in [3.05, 3.63) is 65.4 Å². The van der Waals surface area contributed by atoms with Gasteiger partial charge in [-0.1, -0.05) is 18.2 Å². The normalized spacial score (nSPS) is 14.9. The second-order valence-corrected chi connectivity index (χ2v) is 7.25. The Morgan fingerprint density at radius 2 is 1.63 bits per heavy atom. The number of esters is 1. The molecule has 30 heavy (non-hydrogen) atoms. The number of imide groups is 1. The summed E-state index contributed by atoms with van der Waals surface area (Å²) in [5.41, 5.74) is 2.71. The number of Topliss-reactive ketones (excluding diaryl/α,β-unsaturated/α-hetero) is 1. The number of carbonyl (C=O) groups excluding carboxylic acids is 4. The molecule has 0 spiro atoms. The molecule has 1 aliphatic rings. The van der Waals surface area contributed by atoms with Crippen molar-refractivity contribution in [1.29, 1.82) is 0 Å². The van der Waals surface area contributed by atoms with Crippen molar-refractivity contribution < 1.29 is 23.9 Å². The first-order chi connectivity index (χ1) is 14.4. The molecule has 1 N–H and O–H groups in total. The average Bonchev–Trinajstić information content (AvgIpc) is 3.25. The summed E-state index contributed by atoms with van der Waals surface area (Å²) in [5, 5.41) is 0.784. The largest absolute Gasteiger partial charge is 0.451 e. The second kappa shape index (κ2) is 7.59. The van der Waals surface area contributed by atoms with Gasteiger partial charge in [-0.05, 0) is 44.2 Å². The molecular formula is C23H20N2O5. The van der Waals surface area contributed by atoms with Gasteiger partial charge in [0.1, 0.15) is 0 Å². The maximum atomic E-state index is 12.9. The molecule has 1 atom stereocenters. The van der Waals surface area contributed by atoms with Gasteiger partial charge in [0.2, 0.25) is 17.6 Å². The lowest BCUT2D eigenvalue weighted by molar-refractivity contribution is -0.121. The van der Waals surface area contributed by atoms with E-state index in [1.807, 2.05) is 24.3 Å². The summed E-state index contributed by atoms with van der Waals surface area (Å²) in [6.45, 7) is 3.35. The average molecular weight is 404 g/mol. The Morgan fingerprint density at radius 1 is 1.00 bits per heavy atom. The molecule has 152 valence electrons. The Hall–Kier alpha value is -3.74. The molecular weight excluding hydrogens is 384 g/mol. The fourth-order valence-corrected chi connectivity index (χ4v) is 3.69. The first-order valence-electron chi connectivity index (χ1n) is 9.65. The van der Waals surface area contributed by atoms with Crippen LogP contribution in [0.2, 0.25) is 0 Å². The quantitative estimate of drug-likeness (QED) is 0.398. The number of para-hydroxylation sites is 1. The van der Waals surface area contributed by atoms with Gasteiger partial charge in [0, 0.05) is 35.0 Å². The Labute approximate surface area is 172 Å². The van der Waals surface area contributed by atoms with E-state index in [-0.39, 0.29) is 36.0 Å². The van der Waals surface area contributed by atoms with Crippen LogP contribution in [0.15, 0.2) is 48.5 Å². The van der Waals surface area contributed by atoms with Crippen LogP contribution in [0.25, 0.3) is 10.9 Å². The number of ketones is 1. The highest BCUT2D eigenvalue weighted by molar-refractivity contribution is 6.20. The molecule has 3 aromatic rings. The van der Waals surface area contributed by atoms with Crippen molar-refractivity contribution in [3.8, 4) is 0 Å². The molecule has 7 heteroatoms. The van der Waals surface area contributed by atoms with E-state index in [9.17, 15) is 19.2 Å². The number of H-pyrrole nitrogens is 1. The SMILES string of the molecule is Cc1[nH]c2ccccc2c1C(=O)[C@H](C)OC(=O)c1ccc(N2C(=O)CCC2=O)cc1. The van der Waals surface area contributed by atoms with E-state index in [2.05, 4.69) is 4.98 Å². The van der Waals surface area contributed by atoms with Gasteiger partial charge in [0.15, 0.2) is 6.10 Å². The molecule has 1 fully saturated rings. The zero-order chi connectivity index (χ0) is 21.4. The molecule has 1 aliphatic heterocycles. The lowest BCUT2D eigenvalue weighted by Gasteiger charge is -2.15. The first-order valence-corrected chi connectivity index (χ1v) is 9.65. The standard InChI is InChI=1S/C23H20N2O5/c1-13-21(17-5-3-4-6-18(17)24-13)22(28)14(2)30-23(29)15-7-9-16(10-8-15)25-19(26)11-12-20(25)27/h3-10,14,24H,11-12H2,1-2H3/t14-/m0/s1. The number of carbonyl (C=O) groups is 4. The smallest absolute Gasteiger partial charge is 0.338 e. The number of hydrogen-bond donors (Lipinski definition) is 1. The van der Waals surface area contributed by atoms with E-state index in [0.717, 1.165) is 15.8 Å². The number of ether oxygens (including phenoxy) is 1. The van der Waals surface area contributed by atoms with Crippen LogP contribution in [0.5, 0.6) is 0 Å². The molecule has 2 aromatic carbocycles. The van der Waals surface area contributed by atoms with Crippen molar-refractivity contribution >= 4 is 40.2 Å². The fourth-order valence-electron chi connectivity index (χ4n) is 3.69. The van der Waals surface area contributed by atoms with Gasteiger partial charge < -0.3 is 9.72 Å². The molecule has 1 aromatic heterocycles. The first kappa shape index (κ1) is 19.6. The van der Waals surface area contributed by atoms with Crippen LogP contribution in [0.4, 0.5) is 5.69 Å². The highest BCUT2D eigenvalue weighted by Crippen LogP contribution is 2.25. The minimum Gasteiger partial charge on any atom is -0.451 e. The zero-order valence-corrected chi connectivity index (χ0v) is 16.6. The number of benzene rings is 2. The summed E-state index contributed by atoms with van der Waals surface area (Å²) >= 11 is 0. The maximum Gasteiger partial charge on any atom is 0.338 e. The minimum atomic E-state index is -0.975. The molecule has 7 nitrogen and oxygen atoms in total. The van der Waals surface area contributed by atoms with Gasteiger partial charge in [0.25, 0.3) is 0 Å². The number of aromatic amines is 1. The van der Waals surface area contributed by atoms with Crippen molar-refractivity contribution in [1.82, 2.24) is 4.98 Å². The van der Waals surface area contributed by atoms with Crippen molar-refractivity contribution in [2.75, 3.05) is 4.90 Å². The molecule has 0 radical (unpaired) electrons. The van der Waals surface area contributed by atoms with Gasteiger partial charge in [-0.25, -0.2) is 4.79 Å². The Bertz CT molecular complexity index is 1160. The number of aromatic nitrogens is 1. The van der Waals surface area contributed by atoms with Gasteiger partial charge in [-0.2, -0.15) is 0 Å². The highest BCUT2D eigenvalue weighted by atomic mass is 16.5. The zero-order valence-electron chi connectivity index (χ0n) is 16.6. The van der Waals surface area contributed by atoms with Crippen LogP contribution < -0.4 is 4.90 Å². The Morgan fingerprint density at radius 3 is 2.30 bits per heavy atom. The third kappa shape index (κ3) is 3.39. The fraction of sp³-hybridized carbons (Fsp3) is 0.217. The van der Waals surface area contributed by atoms with Gasteiger partial charge in [-0.15, -0.1) is 0 Å². The van der Waals surface area contributed by atoms with E-state index in [0.29, 0.717) is 16.9 Å². The van der Waals surface area contributed by atoms with E-state index in [1.165, 1.54) is 31.2 Å². The molecule has 0 aliphatic carbocycles. The highest BCUT2D eigenvalue weighted by Gasteiger charge is 2.30. The van der Waals surface area contributed by atoms with E-state index in [1.54, 1.807) is 6.92 Å².